The Bertz CT molecular complexity index is 650. The van der Waals surface area contributed by atoms with E-state index in [0.717, 1.165) is 43.5 Å². The van der Waals surface area contributed by atoms with Crippen LogP contribution in [0.5, 0.6) is 0 Å². The van der Waals surface area contributed by atoms with Gasteiger partial charge in [-0.3, -0.25) is 4.99 Å². The van der Waals surface area contributed by atoms with Crippen LogP contribution in [0.4, 0.5) is 4.39 Å². The molecule has 0 radical (unpaired) electrons. The lowest BCUT2D eigenvalue weighted by molar-refractivity contribution is -0.0154. The van der Waals surface area contributed by atoms with Crippen molar-refractivity contribution < 1.29 is 9.50 Å². The van der Waals surface area contributed by atoms with Gasteiger partial charge in [0.25, 0.3) is 0 Å². The first-order valence-corrected chi connectivity index (χ1v) is 10.7. The van der Waals surface area contributed by atoms with Crippen LogP contribution in [0.3, 0.4) is 0 Å². The molecule has 0 spiro atoms. The lowest BCUT2D eigenvalue weighted by Gasteiger charge is -2.44. The van der Waals surface area contributed by atoms with E-state index < -0.39 is 5.60 Å². The van der Waals surface area contributed by atoms with Crippen molar-refractivity contribution in [2.75, 3.05) is 25.4 Å². The van der Waals surface area contributed by atoms with Gasteiger partial charge in [0.2, 0.25) is 0 Å². The third-order valence-corrected chi connectivity index (χ3v) is 6.96. The molecule has 26 heavy (non-hydrogen) atoms. The number of rotatable bonds is 8. The van der Waals surface area contributed by atoms with Crippen LogP contribution in [0, 0.1) is 5.82 Å². The molecular formula is C20H30FN3OS. The highest BCUT2D eigenvalue weighted by Gasteiger charge is 2.46. The second-order valence-corrected chi connectivity index (χ2v) is 8.87. The summed E-state index contributed by atoms with van der Waals surface area (Å²) in [6.45, 7) is 5.97. The molecule has 0 aromatic heterocycles. The van der Waals surface area contributed by atoms with Crippen molar-refractivity contribution in [1.29, 1.82) is 0 Å². The Morgan fingerprint density at radius 3 is 2.62 bits per heavy atom. The highest BCUT2D eigenvalue weighted by atomic mass is 32.2. The number of benzene rings is 1. The van der Waals surface area contributed by atoms with Crippen molar-refractivity contribution in [3.05, 3.63) is 35.6 Å². The summed E-state index contributed by atoms with van der Waals surface area (Å²) >= 11 is 1.81. The Hall–Kier alpha value is -1.27. The first kappa shape index (κ1) is 19.5. The van der Waals surface area contributed by atoms with E-state index in [4.69, 9.17) is 0 Å². The third kappa shape index (κ3) is 4.17. The summed E-state index contributed by atoms with van der Waals surface area (Å²) in [6.07, 6.45) is 3.84. The lowest BCUT2D eigenvalue weighted by Crippen LogP contribution is -2.53. The smallest absolute Gasteiger partial charge is 0.191 e. The number of guanidine groups is 1. The van der Waals surface area contributed by atoms with Crippen LogP contribution in [0.2, 0.25) is 0 Å². The predicted molar refractivity (Wildman–Crippen MR) is 107 cm³/mol. The Morgan fingerprint density at radius 2 is 2.04 bits per heavy atom. The molecule has 2 atom stereocenters. The second-order valence-electron chi connectivity index (χ2n) is 7.40. The average molecular weight is 380 g/mol. The van der Waals surface area contributed by atoms with Crippen molar-refractivity contribution >= 4 is 17.7 Å². The molecule has 1 aromatic carbocycles. The summed E-state index contributed by atoms with van der Waals surface area (Å²) in [5.41, 5.74) is -0.0261. The Labute approximate surface area is 160 Å². The maximum Gasteiger partial charge on any atom is 0.191 e. The zero-order valence-electron chi connectivity index (χ0n) is 15.7. The van der Waals surface area contributed by atoms with E-state index in [9.17, 15) is 9.50 Å². The van der Waals surface area contributed by atoms with Gasteiger partial charge in [0.1, 0.15) is 5.82 Å². The second kappa shape index (κ2) is 8.17. The van der Waals surface area contributed by atoms with Crippen LogP contribution < -0.4 is 10.6 Å². The number of nitrogens with one attached hydrogen (secondary N) is 2. The maximum absolute atomic E-state index is 14.2. The molecule has 2 saturated carbocycles. The molecule has 0 bridgehead atoms. The summed E-state index contributed by atoms with van der Waals surface area (Å²) in [5.74, 6) is 1.59. The first-order valence-electron chi connectivity index (χ1n) is 9.64. The van der Waals surface area contributed by atoms with E-state index in [1.165, 1.54) is 6.07 Å². The minimum absolute atomic E-state index is 0.128. The van der Waals surface area contributed by atoms with Gasteiger partial charge in [-0.05, 0) is 50.0 Å². The van der Waals surface area contributed by atoms with Gasteiger partial charge in [0, 0.05) is 23.8 Å². The average Bonchev–Trinajstić information content (AvgIpc) is 3.42. The molecule has 4 nitrogen and oxygen atoms in total. The summed E-state index contributed by atoms with van der Waals surface area (Å²) in [7, 11) is 0. The number of halogens is 1. The number of aliphatic imine (C=N–C) groups is 1. The van der Waals surface area contributed by atoms with Gasteiger partial charge in [-0.2, -0.15) is 11.8 Å². The van der Waals surface area contributed by atoms with E-state index in [0.29, 0.717) is 19.0 Å². The monoisotopic (exact) mass is 379 g/mol. The van der Waals surface area contributed by atoms with Gasteiger partial charge in [0.15, 0.2) is 5.96 Å². The van der Waals surface area contributed by atoms with Crippen LogP contribution in [-0.2, 0) is 5.41 Å². The predicted octanol–water partition coefficient (Wildman–Crippen LogP) is 3.06. The van der Waals surface area contributed by atoms with Crippen molar-refractivity contribution in [3.63, 3.8) is 0 Å². The zero-order valence-corrected chi connectivity index (χ0v) is 16.5. The molecule has 0 heterocycles. The largest absolute Gasteiger partial charge is 0.387 e. The highest BCUT2D eigenvalue weighted by Crippen LogP contribution is 2.48. The summed E-state index contributed by atoms with van der Waals surface area (Å²) in [4.78, 5) is 4.62. The Morgan fingerprint density at radius 1 is 1.27 bits per heavy atom. The Balaban J connectivity index is 1.61. The number of thioether (sulfide) groups is 1. The summed E-state index contributed by atoms with van der Waals surface area (Å²) < 4.78 is 14.2. The number of aliphatic hydroxyl groups is 1. The minimum atomic E-state index is -0.689. The zero-order chi connectivity index (χ0) is 18.6. The van der Waals surface area contributed by atoms with Gasteiger partial charge in [-0.1, -0.05) is 25.1 Å². The molecule has 2 fully saturated rings. The molecule has 6 heteroatoms. The van der Waals surface area contributed by atoms with E-state index in [1.54, 1.807) is 6.07 Å². The van der Waals surface area contributed by atoms with Gasteiger partial charge >= 0.3 is 0 Å². The summed E-state index contributed by atoms with van der Waals surface area (Å²) in [6, 6.07) is 7.05. The molecule has 144 valence electrons. The van der Waals surface area contributed by atoms with Crippen LogP contribution in [0.15, 0.2) is 29.3 Å². The van der Waals surface area contributed by atoms with Crippen molar-refractivity contribution in [1.82, 2.24) is 10.6 Å². The van der Waals surface area contributed by atoms with Crippen LogP contribution in [-0.4, -0.2) is 47.3 Å². The fraction of sp³-hybridized carbons (Fsp3) is 0.650. The van der Waals surface area contributed by atoms with Gasteiger partial charge < -0.3 is 15.7 Å². The SMILES string of the molecule is CCNC(=NCC1(O)CCC1SCC)NCC1(c2ccccc2F)CC1. The molecule has 1 aromatic rings. The van der Waals surface area contributed by atoms with E-state index >= 15 is 0 Å². The molecule has 0 saturated heterocycles. The van der Waals surface area contributed by atoms with E-state index in [2.05, 4.69) is 22.5 Å². The fourth-order valence-electron chi connectivity index (χ4n) is 3.61. The third-order valence-electron chi connectivity index (χ3n) is 5.55. The molecule has 0 amide bonds. The minimum Gasteiger partial charge on any atom is -0.387 e. The molecule has 3 rings (SSSR count). The van der Waals surface area contributed by atoms with Crippen LogP contribution >= 0.6 is 11.8 Å². The van der Waals surface area contributed by atoms with Gasteiger partial charge in [-0.15, -0.1) is 0 Å². The van der Waals surface area contributed by atoms with Crippen molar-refractivity contribution in [3.8, 4) is 0 Å². The molecule has 2 unspecified atom stereocenters. The van der Waals surface area contributed by atoms with Gasteiger partial charge in [0.05, 0.1) is 12.1 Å². The summed E-state index contributed by atoms with van der Waals surface area (Å²) in [5, 5.41) is 17.6. The molecule has 2 aliphatic carbocycles. The highest BCUT2D eigenvalue weighted by molar-refractivity contribution is 8.00. The van der Waals surface area contributed by atoms with Gasteiger partial charge in [-0.25, -0.2) is 4.39 Å². The maximum atomic E-state index is 14.2. The number of nitrogens with zero attached hydrogens (tertiary/aromatic N) is 1. The Kier molecular flexibility index (Phi) is 6.13. The van der Waals surface area contributed by atoms with Crippen molar-refractivity contribution in [2.24, 2.45) is 4.99 Å². The van der Waals surface area contributed by atoms with Crippen LogP contribution in [0.1, 0.15) is 45.1 Å². The van der Waals surface area contributed by atoms with E-state index in [-0.39, 0.29) is 16.5 Å². The topological polar surface area (TPSA) is 56.7 Å². The first-order chi connectivity index (χ1) is 12.5. The number of hydrogen-bond acceptors (Lipinski definition) is 3. The lowest BCUT2D eigenvalue weighted by atomic mass is 9.79. The van der Waals surface area contributed by atoms with Crippen molar-refractivity contribution in [2.45, 2.75) is 55.8 Å². The molecular weight excluding hydrogens is 349 g/mol. The van der Waals surface area contributed by atoms with Crippen LogP contribution in [0.25, 0.3) is 0 Å². The molecule has 3 N–H and O–H groups in total. The van der Waals surface area contributed by atoms with E-state index in [1.807, 2.05) is 30.8 Å². The quantitative estimate of drug-likeness (QED) is 0.480. The standard InChI is InChI=1S/C20H30FN3OS/c1-3-22-18(24-14-20(25)10-9-17(20)26-4-2)23-13-19(11-12-19)15-7-5-6-8-16(15)21/h5-8,17,25H,3-4,9-14H2,1-2H3,(H2,22,23,24). The fourth-order valence-corrected chi connectivity index (χ4v) is 4.80. The molecule has 2 aliphatic rings. The normalized spacial score (nSPS) is 26.9. The molecule has 0 aliphatic heterocycles. The number of hydrogen-bond donors (Lipinski definition) is 3.